The largest absolute Gasteiger partial charge is 0.412 e. The van der Waals surface area contributed by atoms with Gasteiger partial charge in [-0.2, -0.15) is 13.2 Å². The average molecular weight is 269 g/mol. The first-order valence-corrected chi connectivity index (χ1v) is 5.64. The lowest BCUT2D eigenvalue weighted by molar-refractivity contribution is -0.179. The first-order valence-electron chi connectivity index (χ1n) is 5.64. The molecule has 0 aliphatic heterocycles. The first-order chi connectivity index (χ1) is 8.94. The summed E-state index contributed by atoms with van der Waals surface area (Å²) in [6.07, 6.45) is -3.17. The Morgan fingerprint density at radius 2 is 2.00 bits per heavy atom. The maximum Gasteiger partial charge on any atom is 0.412 e. The van der Waals surface area contributed by atoms with Crippen LogP contribution in [-0.4, -0.2) is 25.9 Å². The SMILES string of the molecule is Nc1cccc(-c2nncn2C2(C(F)(F)F)CC2)n1. The van der Waals surface area contributed by atoms with Gasteiger partial charge in [-0.15, -0.1) is 10.2 Å². The Balaban J connectivity index is 2.10. The predicted octanol–water partition coefficient (Wildman–Crippen LogP) is 1.97. The number of nitrogen functional groups attached to an aromatic ring is 1. The normalized spacial score (nSPS) is 17.4. The summed E-state index contributed by atoms with van der Waals surface area (Å²) < 4.78 is 40.4. The summed E-state index contributed by atoms with van der Waals surface area (Å²) in [4.78, 5) is 3.99. The minimum Gasteiger partial charge on any atom is -0.384 e. The number of nitrogens with two attached hydrogens (primary N) is 1. The quantitative estimate of drug-likeness (QED) is 0.905. The third kappa shape index (κ3) is 1.74. The summed E-state index contributed by atoms with van der Waals surface area (Å²) in [7, 11) is 0. The van der Waals surface area contributed by atoms with E-state index in [0.717, 1.165) is 10.9 Å². The molecule has 1 aliphatic rings. The molecule has 0 amide bonds. The van der Waals surface area contributed by atoms with Crippen molar-refractivity contribution in [1.29, 1.82) is 0 Å². The summed E-state index contributed by atoms with van der Waals surface area (Å²) in [5, 5.41) is 7.32. The molecule has 0 bridgehead atoms. The number of aromatic nitrogens is 4. The highest BCUT2D eigenvalue weighted by Crippen LogP contribution is 2.56. The molecule has 19 heavy (non-hydrogen) atoms. The van der Waals surface area contributed by atoms with Gasteiger partial charge < -0.3 is 5.73 Å². The molecule has 0 atom stereocenters. The number of pyridine rings is 1. The van der Waals surface area contributed by atoms with Gasteiger partial charge in [-0.1, -0.05) is 6.07 Å². The fourth-order valence-corrected chi connectivity index (χ4v) is 2.08. The van der Waals surface area contributed by atoms with Crippen molar-refractivity contribution in [3.05, 3.63) is 24.5 Å². The molecule has 0 spiro atoms. The van der Waals surface area contributed by atoms with E-state index in [1.807, 2.05) is 0 Å². The topological polar surface area (TPSA) is 69.6 Å². The van der Waals surface area contributed by atoms with Crippen LogP contribution in [0.3, 0.4) is 0 Å². The van der Waals surface area contributed by atoms with Crippen LogP contribution in [0.1, 0.15) is 12.8 Å². The minimum absolute atomic E-state index is 0.0316. The minimum atomic E-state index is -4.33. The summed E-state index contributed by atoms with van der Waals surface area (Å²) in [6.45, 7) is 0. The molecule has 2 aromatic rings. The summed E-state index contributed by atoms with van der Waals surface area (Å²) in [6, 6.07) is 4.73. The van der Waals surface area contributed by atoms with E-state index in [-0.39, 0.29) is 30.2 Å². The maximum absolute atomic E-state index is 13.1. The molecular formula is C11H10F3N5. The molecule has 3 rings (SSSR count). The second kappa shape index (κ2) is 3.69. The number of hydrogen-bond acceptors (Lipinski definition) is 4. The van der Waals surface area contributed by atoms with Gasteiger partial charge in [-0.3, -0.25) is 4.57 Å². The zero-order valence-corrected chi connectivity index (χ0v) is 9.72. The number of halogens is 3. The molecule has 0 unspecified atom stereocenters. The van der Waals surface area contributed by atoms with E-state index >= 15 is 0 Å². The van der Waals surface area contributed by atoms with Crippen molar-refractivity contribution < 1.29 is 13.2 Å². The van der Waals surface area contributed by atoms with E-state index in [9.17, 15) is 13.2 Å². The van der Waals surface area contributed by atoms with Crippen LogP contribution >= 0.6 is 0 Å². The van der Waals surface area contributed by atoms with E-state index in [0.29, 0.717) is 0 Å². The molecule has 0 radical (unpaired) electrons. The number of alkyl halides is 3. The van der Waals surface area contributed by atoms with Crippen LogP contribution in [0.15, 0.2) is 24.5 Å². The van der Waals surface area contributed by atoms with E-state index in [2.05, 4.69) is 15.2 Å². The molecule has 1 aliphatic carbocycles. The van der Waals surface area contributed by atoms with Crippen molar-refractivity contribution in [2.45, 2.75) is 24.6 Å². The molecule has 1 saturated carbocycles. The van der Waals surface area contributed by atoms with Crippen molar-refractivity contribution >= 4 is 5.82 Å². The van der Waals surface area contributed by atoms with E-state index in [4.69, 9.17) is 5.73 Å². The molecule has 100 valence electrons. The van der Waals surface area contributed by atoms with E-state index < -0.39 is 11.7 Å². The molecule has 0 aromatic carbocycles. The van der Waals surface area contributed by atoms with Crippen LogP contribution in [-0.2, 0) is 5.54 Å². The lowest BCUT2D eigenvalue weighted by Crippen LogP contribution is -2.35. The van der Waals surface area contributed by atoms with Gasteiger partial charge in [0.1, 0.15) is 23.4 Å². The Labute approximate surface area is 106 Å². The summed E-state index contributed by atoms with van der Waals surface area (Å²) in [5.74, 6) is 0.311. The Hall–Kier alpha value is -2.12. The Morgan fingerprint density at radius 3 is 2.58 bits per heavy atom. The number of anilines is 1. The number of nitrogens with zero attached hydrogens (tertiary/aromatic N) is 4. The van der Waals surface area contributed by atoms with Crippen LogP contribution in [0.2, 0.25) is 0 Å². The van der Waals surface area contributed by atoms with Crippen LogP contribution in [0.25, 0.3) is 11.5 Å². The predicted molar refractivity (Wildman–Crippen MR) is 60.9 cm³/mol. The van der Waals surface area contributed by atoms with Gasteiger partial charge in [0.15, 0.2) is 5.82 Å². The van der Waals surface area contributed by atoms with E-state index in [1.54, 1.807) is 18.2 Å². The van der Waals surface area contributed by atoms with Crippen molar-refractivity contribution in [2.24, 2.45) is 0 Å². The summed E-state index contributed by atoms with van der Waals surface area (Å²) >= 11 is 0. The van der Waals surface area contributed by atoms with Gasteiger partial charge in [0.2, 0.25) is 0 Å². The summed E-state index contributed by atoms with van der Waals surface area (Å²) in [5.41, 5.74) is 3.93. The third-order valence-corrected chi connectivity index (χ3v) is 3.26. The van der Waals surface area contributed by atoms with Gasteiger partial charge in [0.25, 0.3) is 0 Å². The molecular weight excluding hydrogens is 259 g/mol. The Bertz CT molecular complexity index is 615. The number of rotatable bonds is 2. The molecule has 1 fully saturated rings. The smallest absolute Gasteiger partial charge is 0.384 e. The van der Waals surface area contributed by atoms with Crippen LogP contribution in [0.5, 0.6) is 0 Å². The zero-order chi connectivity index (χ0) is 13.7. The molecule has 2 heterocycles. The third-order valence-electron chi connectivity index (χ3n) is 3.26. The monoisotopic (exact) mass is 269 g/mol. The fourth-order valence-electron chi connectivity index (χ4n) is 2.08. The highest BCUT2D eigenvalue weighted by atomic mass is 19.4. The average Bonchev–Trinajstić information content (AvgIpc) is 3.01. The van der Waals surface area contributed by atoms with E-state index in [1.165, 1.54) is 0 Å². The van der Waals surface area contributed by atoms with Crippen LogP contribution < -0.4 is 5.73 Å². The van der Waals surface area contributed by atoms with Crippen LogP contribution in [0.4, 0.5) is 19.0 Å². The Morgan fingerprint density at radius 1 is 1.26 bits per heavy atom. The molecule has 2 aromatic heterocycles. The van der Waals surface area contributed by atoms with Crippen molar-refractivity contribution in [1.82, 2.24) is 19.7 Å². The molecule has 8 heteroatoms. The van der Waals surface area contributed by atoms with Gasteiger partial charge in [0, 0.05) is 0 Å². The second-order valence-electron chi connectivity index (χ2n) is 4.50. The van der Waals surface area contributed by atoms with Gasteiger partial charge in [-0.05, 0) is 25.0 Å². The van der Waals surface area contributed by atoms with Crippen molar-refractivity contribution in [3.63, 3.8) is 0 Å². The van der Waals surface area contributed by atoms with Crippen molar-refractivity contribution in [2.75, 3.05) is 5.73 Å². The Kier molecular flexibility index (Phi) is 2.32. The first kappa shape index (κ1) is 11.9. The van der Waals surface area contributed by atoms with Gasteiger partial charge in [0.05, 0.1) is 0 Å². The fraction of sp³-hybridized carbons (Fsp3) is 0.364. The molecule has 0 saturated heterocycles. The van der Waals surface area contributed by atoms with Gasteiger partial charge in [-0.25, -0.2) is 4.98 Å². The van der Waals surface area contributed by atoms with Gasteiger partial charge >= 0.3 is 6.18 Å². The van der Waals surface area contributed by atoms with Crippen LogP contribution in [0, 0.1) is 0 Å². The standard InChI is InChI=1S/C11H10F3N5/c12-11(13,14)10(4-5-10)19-6-16-18-9(19)7-2-1-3-8(15)17-7/h1-3,6H,4-5H2,(H2,15,17). The molecule has 5 nitrogen and oxygen atoms in total. The number of hydrogen-bond donors (Lipinski definition) is 1. The zero-order valence-electron chi connectivity index (χ0n) is 9.72. The molecule has 2 N–H and O–H groups in total. The highest BCUT2D eigenvalue weighted by Gasteiger charge is 2.65. The lowest BCUT2D eigenvalue weighted by Gasteiger charge is -2.21. The lowest BCUT2D eigenvalue weighted by atomic mass is 10.2. The second-order valence-corrected chi connectivity index (χ2v) is 4.50. The van der Waals surface area contributed by atoms with Crippen molar-refractivity contribution in [3.8, 4) is 11.5 Å². The highest BCUT2D eigenvalue weighted by molar-refractivity contribution is 5.53. The maximum atomic E-state index is 13.1.